The van der Waals surface area contributed by atoms with Gasteiger partial charge in [0.05, 0.1) is 24.3 Å². The Kier molecular flexibility index (Phi) is 11.2. The minimum absolute atomic E-state index is 0.0417. The first-order valence-electron chi connectivity index (χ1n) is 18.3. The SMILES string of the molecule is COC(C)(C)C.CSN1Cc2ccc(C(=O)N3CCN(c4ccc5ccccc5c4)CC3)cc2-c2c(C)c(-c3ccc(C)cc3)c(CC(=O)O)c(C)c21. The van der Waals surface area contributed by atoms with Crippen molar-refractivity contribution in [2.24, 2.45) is 0 Å². The fraction of sp³-hybridized carbons (Fsp3) is 0.333. The number of hydrogen-bond acceptors (Lipinski definition) is 6. The highest BCUT2D eigenvalue weighted by molar-refractivity contribution is 7.99. The van der Waals surface area contributed by atoms with E-state index in [9.17, 15) is 14.7 Å². The van der Waals surface area contributed by atoms with E-state index in [2.05, 4.69) is 108 Å². The van der Waals surface area contributed by atoms with Gasteiger partial charge in [-0.05, 0) is 116 Å². The number of amides is 1. The lowest BCUT2D eigenvalue weighted by molar-refractivity contribution is -0.136. The summed E-state index contributed by atoms with van der Waals surface area (Å²) in [6.45, 7) is 15.8. The zero-order chi connectivity index (χ0) is 38.0. The molecule has 276 valence electrons. The van der Waals surface area contributed by atoms with Gasteiger partial charge in [0.1, 0.15) is 0 Å². The molecule has 8 heteroatoms. The fourth-order valence-corrected chi connectivity index (χ4v) is 8.04. The average molecular weight is 730 g/mol. The van der Waals surface area contributed by atoms with Crippen molar-refractivity contribution in [2.45, 2.75) is 60.1 Å². The van der Waals surface area contributed by atoms with Crippen LogP contribution in [0.2, 0.25) is 0 Å². The molecule has 0 aromatic heterocycles. The van der Waals surface area contributed by atoms with Gasteiger partial charge in [-0.3, -0.25) is 9.59 Å². The number of ether oxygens (including phenoxy) is 1. The van der Waals surface area contributed by atoms with Crippen molar-refractivity contribution < 1.29 is 19.4 Å². The lowest BCUT2D eigenvalue weighted by Gasteiger charge is -2.37. The molecule has 53 heavy (non-hydrogen) atoms. The first-order chi connectivity index (χ1) is 25.3. The Hall–Kier alpha value is -4.79. The van der Waals surface area contributed by atoms with Crippen LogP contribution >= 0.6 is 11.9 Å². The second-order valence-corrected chi connectivity index (χ2v) is 15.8. The van der Waals surface area contributed by atoms with Gasteiger partial charge in [0.2, 0.25) is 0 Å². The molecule has 1 fully saturated rings. The van der Waals surface area contributed by atoms with Gasteiger partial charge in [-0.2, -0.15) is 0 Å². The maximum atomic E-state index is 14.0. The van der Waals surface area contributed by atoms with Crippen LogP contribution in [-0.4, -0.2) is 67.0 Å². The molecule has 1 N–H and O–H groups in total. The van der Waals surface area contributed by atoms with Crippen molar-refractivity contribution >= 4 is 46.0 Å². The predicted molar refractivity (Wildman–Crippen MR) is 221 cm³/mol. The van der Waals surface area contributed by atoms with Crippen molar-refractivity contribution in [2.75, 3.05) is 48.7 Å². The number of hydrogen-bond donors (Lipinski definition) is 1. The summed E-state index contributed by atoms with van der Waals surface area (Å²) in [4.78, 5) is 30.5. The number of carbonyl (C=O) groups excluding carboxylic acids is 1. The van der Waals surface area contributed by atoms with E-state index < -0.39 is 5.97 Å². The molecule has 0 spiro atoms. The van der Waals surface area contributed by atoms with Crippen LogP contribution in [0.1, 0.15) is 58.9 Å². The molecule has 0 unspecified atom stereocenters. The molecule has 1 saturated heterocycles. The number of aliphatic carboxylic acids is 1. The van der Waals surface area contributed by atoms with Crippen molar-refractivity contribution in [3.63, 3.8) is 0 Å². The molecule has 2 heterocycles. The van der Waals surface area contributed by atoms with E-state index in [1.807, 2.05) is 38.7 Å². The topological polar surface area (TPSA) is 73.3 Å². The van der Waals surface area contributed by atoms with Crippen LogP contribution in [0.4, 0.5) is 11.4 Å². The van der Waals surface area contributed by atoms with Crippen molar-refractivity contribution in [3.05, 3.63) is 118 Å². The molecule has 7 rings (SSSR count). The molecule has 2 aliphatic rings. The molecule has 1 amide bonds. The van der Waals surface area contributed by atoms with Gasteiger partial charge in [-0.15, -0.1) is 0 Å². The Bertz CT molecular complexity index is 2150. The summed E-state index contributed by atoms with van der Waals surface area (Å²) < 4.78 is 7.20. The number of piperazine rings is 1. The minimum Gasteiger partial charge on any atom is -0.481 e. The number of carbonyl (C=O) groups is 2. The molecule has 0 radical (unpaired) electrons. The van der Waals surface area contributed by atoms with E-state index in [1.54, 1.807) is 19.1 Å². The van der Waals surface area contributed by atoms with E-state index in [4.69, 9.17) is 4.74 Å². The minimum atomic E-state index is -0.846. The number of benzene rings is 5. The highest BCUT2D eigenvalue weighted by atomic mass is 32.2. The summed E-state index contributed by atoms with van der Waals surface area (Å²) in [5, 5.41) is 12.4. The number of fused-ring (bicyclic) bond motifs is 4. The van der Waals surface area contributed by atoms with Gasteiger partial charge in [-0.25, -0.2) is 0 Å². The number of aryl methyl sites for hydroxylation is 1. The van der Waals surface area contributed by atoms with Crippen LogP contribution in [0.5, 0.6) is 0 Å². The summed E-state index contributed by atoms with van der Waals surface area (Å²) in [6.07, 6.45) is 2.01. The first-order valence-corrected chi connectivity index (χ1v) is 19.5. The van der Waals surface area contributed by atoms with Gasteiger partial charge >= 0.3 is 5.97 Å². The number of anilines is 2. The second-order valence-electron chi connectivity index (χ2n) is 15.0. The van der Waals surface area contributed by atoms with Crippen LogP contribution in [0, 0.1) is 20.8 Å². The number of methoxy groups -OCH3 is 1. The molecule has 5 aromatic rings. The highest BCUT2D eigenvalue weighted by Crippen LogP contribution is 2.50. The summed E-state index contributed by atoms with van der Waals surface area (Å²) >= 11 is 1.64. The third-order valence-corrected chi connectivity index (χ3v) is 11.2. The molecular formula is C45H51N3O4S. The van der Waals surface area contributed by atoms with Crippen LogP contribution < -0.4 is 9.21 Å². The van der Waals surface area contributed by atoms with Crippen LogP contribution in [-0.2, 0) is 22.5 Å². The molecule has 5 aromatic carbocycles. The largest absolute Gasteiger partial charge is 0.481 e. The number of carboxylic acids is 1. The molecular weight excluding hydrogens is 679 g/mol. The van der Waals surface area contributed by atoms with Crippen LogP contribution in [0.15, 0.2) is 84.9 Å². The first kappa shape index (κ1) is 38.0. The van der Waals surface area contributed by atoms with Crippen molar-refractivity contribution in [1.29, 1.82) is 0 Å². The molecule has 0 aliphatic carbocycles. The summed E-state index contributed by atoms with van der Waals surface area (Å²) in [5.41, 5.74) is 12.3. The maximum Gasteiger partial charge on any atom is 0.307 e. The third-order valence-electron chi connectivity index (χ3n) is 10.5. The molecule has 0 bridgehead atoms. The zero-order valence-corrected chi connectivity index (χ0v) is 33.1. The Morgan fingerprint density at radius 3 is 2.09 bits per heavy atom. The number of nitrogens with zero attached hydrogens (tertiary/aromatic N) is 3. The van der Waals surface area contributed by atoms with Gasteiger partial charge < -0.3 is 23.9 Å². The fourth-order valence-electron chi connectivity index (χ4n) is 7.36. The van der Waals surface area contributed by atoms with E-state index in [0.29, 0.717) is 25.2 Å². The summed E-state index contributed by atoms with van der Waals surface area (Å²) in [6, 6.07) is 29.5. The van der Waals surface area contributed by atoms with Gasteiger partial charge in [0.25, 0.3) is 5.91 Å². The zero-order valence-electron chi connectivity index (χ0n) is 32.2. The monoisotopic (exact) mass is 729 g/mol. The van der Waals surface area contributed by atoms with Crippen molar-refractivity contribution in [1.82, 2.24) is 4.90 Å². The van der Waals surface area contributed by atoms with Gasteiger partial charge in [0, 0.05) is 56.4 Å². The number of carboxylic acid groups (broad SMARTS) is 1. The Labute approximate surface area is 318 Å². The lowest BCUT2D eigenvalue weighted by atomic mass is 9.80. The average Bonchev–Trinajstić information content (AvgIpc) is 3.16. The predicted octanol–water partition coefficient (Wildman–Crippen LogP) is 9.72. The Balaban J connectivity index is 0.000000741. The molecule has 2 aliphatic heterocycles. The second kappa shape index (κ2) is 15.7. The van der Waals surface area contributed by atoms with E-state index in [1.165, 1.54) is 16.5 Å². The highest BCUT2D eigenvalue weighted by Gasteiger charge is 2.32. The van der Waals surface area contributed by atoms with E-state index in [0.717, 1.165) is 68.8 Å². The normalized spacial score (nSPS) is 14.0. The Morgan fingerprint density at radius 1 is 0.811 bits per heavy atom. The van der Waals surface area contributed by atoms with Gasteiger partial charge in [0.15, 0.2) is 0 Å². The van der Waals surface area contributed by atoms with Crippen LogP contribution in [0.3, 0.4) is 0 Å². The quantitative estimate of drug-likeness (QED) is 0.175. The summed E-state index contributed by atoms with van der Waals surface area (Å²) in [5.74, 6) is -0.795. The third kappa shape index (κ3) is 8.09. The van der Waals surface area contributed by atoms with E-state index in [-0.39, 0.29) is 17.9 Å². The molecule has 0 atom stereocenters. The van der Waals surface area contributed by atoms with Crippen LogP contribution in [0.25, 0.3) is 33.0 Å². The smallest absolute Gasteiger partial charge is 0.307 e. The lowest BCUT2D eigenvalue weighted by Crippen LogP contribution is -2.48. The Morgan fingerprint density at radius 2 is 1.47 bits per heavy atom. The van der Waals surface area contributed by atoms with Gasteiger partial charge in [-0.1, -0.05) is 78.2 Å². The van der Waals surface area contributed by atoms with E-state index >= 15 is 0 Å². The maximum absolute atomic E-state index is 14.0. The molecule has 7 nitrogen and oxygen atoms in total. The number of rotatable bonds is 6. The summed E-state index contributed by atoms with van der Waals surface area (Å²) in [7, 11) is 1.71. The van der Waals surface area contributed by atoms with Crippen molar-refractivity contribution in [3.8, 4) is 22.3 Å². The molecule has 0 saturated carbocycles. The standard InChI is InChI=1S/C40H39N3O3S.C5H12O/c1-25-9-11-29(12-10-25)37-27(3)38-35-22-31(13-14-32(35)24-43(47-4)39(38)26(2)34(37)23-36(44)45)40(46)42-19-17-41(18-20-42)33-16-15-28-7-5-6-8-30(28)21-33;1-5(2,3)6-4/h5-16,21-22H,17-20,23-24H2,1-4H3,(H,44,45);1-4H3.